The fourth-order valence-electron chi connectivity index (χ4n) is 3.67. The Morgan fingerprint density at radius 3 is 2.78 bits per heavy atom. The first kappa shape index (κ1) is 14.7. The summed E-state index contributed by atoms with van der Waals surface area (Å²) in [7, 11) is 0. The van der Waals surface area contributed by atoms with Gasteiger partial charge in [0.15, 0.2) is 0 Å². The molecule has 7 heteroatoms. The van der Waals surface area contributed by atoms with Crippen molar-refractivity contribution in [2.45, 2.75) is 18.9 Å². The summed E-state index contributed by atoms with van der Waals surface area (Å²) < 4.78 is 39.0. The molecule has 0 radical (unpaired) electrons. The number of aromatic nitrogens is 2. The van der Waals surface area contributed by atoms with Crippen molar-refractivity contribution >= 4 is 0 Å². The third-order valence-corrected chi connectivity index (χ3v) is 4.84. The van der Waals surface area contributed by atoms with Gasteiger partial charge >= 0.3 is 0 Å². The number of halogens is 2. The van der Waals surface area contributed by atoms with Crippen LogP contribution >= 0.6 is 0 Å². The van der Waals surface area contributed by atoms with Gasteiger partial charge in [0.25, 0.3) is 0 Å². The van der Waals surface area contributed by atoms with E-state index < -0.39 is 11.6 Å². The Bertz CT molecular complexity index is 716. The molecule has 1 aromatic carbocycles. The summed E-state index contributed by atoms with van der Waals surface area (Å²) in [4.78, 5) is 2.04. The molecule has 0 N–H and O–H groups in total. The summed E-state index contributed by atoms with van der Waals surface area (Å²) in [6.45, 7) is 4.35. The molecule has 23 heavy (non-hydrogen) atoms. The number of aryl methyl sites for hydroxylation is 1. The highest BCUT2D eigenvalue weighted by molar-refractivity contribution is 5.22. The Morgan fingerprint density at radius 1 is 1.30 bits per heavy atom. The minimum Gasteiger partial charge on any atom is -0.425 e. The molecule has 0 aliphatic carbocycles. The third kappa shape index (κ3) is 2.35. The van der Waals surface area contributed by atoms with E-state index in [0.717, 1.165) is 0 Å². The van der Waals surface area contributed by atoms with Crippen LogP contribution in [0.5, 0.6) is 0 Å². The lowest BCUT2D eigenvalue weighted by molar-refractivity contribution is 0.139. The number of benzene rings is 1. The van der Waals surface area contributed by atoms with Crippen LogP contribution in [0, 0.1) is 24.5 Å². The molecule has 5 nitrogen and oxygen atoms in total. The van der Waals surface area contributed by atoms with Crippen molar-refractivity contribution in [2.24, 2.45) is 5.92 Å². The van der Waals surface area contributed by atoms with Crippen molar-refractivity contribution in [2.75, 3.05) is 26.3 Å². The number of hydrogen-bond acceptors (Lipinski definition) is 5. The largest absolute Gasteiger partial charge is 0.425 e. The smallest absolute Gasteiger partial charge is 0.226 e. The molecule has 2 saturated heterocycles. The summed E-state index contributed by atoms with van der Waals surface area (Å²) in [5.74, 6) is 0.242. The first-order valence-corrected chi connectivity index (χ1v) is 7.62. The monoisotopic (exact) mass is 321 g/mol. The molecule has 0 bridgehead atoms. The number of rotatable bonds is 3. The van der Waals surface area contributed by atoms with E-state index >= 15 is 0 Å². The summed E-state index contributed by atoms with van der Waals surface area (Å²) in [5.41, 5.74) is -0.270. The van der Waals surface area contributed by atoms with Crippen molar-refractivity contribution < 1.29 is 17.9 Å². The highest BCUT2D eigenvalue weighted by atomic mass is 19.1. The quantitative estimate of drug-likeness (QED) is 0.866. The van der Waals surface area contributed by atoms with Gasteiger partial charge in [-0.15, -0.1) is 10.2 Å². The van der Waals surface area contributed by atoms with Gasteiger partial charge in [-0.1, -0.05) is 6.07 Å². The fourth-order valence-corrected chi connectivity index (χ4v) is 3.67. The molecule has 3 heterocycles. The zero-order valence-electron chi connectivity index (χ0n) is 12.8. The van der Waals surface area contributed by atoms with Crippen LogP contribution in [0.3, 0.4) is 0 Å². The maximum atomic E-state index is 13.9. The molecule has 1 aromatic heterocycles. The van der Waals surface area contributed by atoms with Crippen LogP contribution in [-0.2, 0) is 16.7 Å². The second-order valence-electron chi connectivity index (χ2n) is 6.36. The fraction of sp³-hybridized carbons (Fsp3) is 0.500. The van der Waals surface area contributed by atoms with Crippen LogP contribution in [0.4, 0.5) is 8.78 Å². The van der Waals surface area contributed by atoms with E-state index in [1.165, 1.54) is 18.2 Å². The molecule has 2 atom stereocenters. The molecular formula is C16H17F2N3O2. The van der Waals surface area contributed by atoms with Gasteiger partial charge in [0.1, 0.15) is 11.6 Å². The summed E-state index contributed by atoms with van der Waals surface area (Å²) in [6.07, 6.45) is 0. The van der Waals surface area contributed by atoms with Gasteiger partial charge in [-0.05, 0) is 12.1 Å². The topological polar surface area (TPSA) is 51.4 Å². The molecule has 4 rings (SSSR count). The first-order chi connectivity index (χ1) is 11.1. The van der Waals surface area contributed by atoms with Gasteiger partial charge in [0.2, 0.25) is 11.8 Å². The zero-order chi connectivity index (χ0) is 16.0. The first-order valence-electron chi connectivity index (χ1n) is 7.62. The van der Waals surface area contributed by atoms with Gasteiger partial charge in [0, 0.05) is 38.0 Å². The predicted molar refractivity (Wildman–Crippen MR) is 76.7 cm³/mol. The SMILES string of the molecule is Cc1nnc([C@]23COC[C@H]2CN(Cc2c(F)cccc2F)C3)o1. The summed E-state index contributed by atoms with van der Waals surface area (Å²) >= 11 is 0. The number of likely N-dealkylation sites (tertiary alicyclic amines) is 1. The molecule has 0 unspecified atom stereocenters. The van der Waals surface area contributed by atoms with Crippen molar-refractivity contribution in [1.29, 1.82) is 0 Å². The average Bonchev–Trinajstić information content (AvgIpc) is 3.17. The number of fused-ring (bicyclic) bond motifs is 1. The lowest BCUT2D eigenvalue weighted by atomic mass is 9.81. The Morgan fingerprint density at radius 2 is 2.09 bits per heavy atom. The molecule has 0 saturated carbocycles. The van der Waals surface area contributed by atoms with Gasteiger partial charge in [-0.2, -0.15) is 0 Å². The molecule has 2 aliphatic rings. The van der Waals surface area contributed by atoms with Crippen molar-refractivity contribution in [3.63, 3.8) is 0 Å². The van der Waals surface area contributed by atoms with Gasteiger partial charge < -0.3 is 9.15 Å². The maximum Gasteiger partial charge on any atom is 0.226 e. The molecule has 0 spiro atoms. The Hall–Kier alpha value is -1.86. The molecular weight excluding hydrogens is 304 g/mol. The van der Waals surface area contributed by atoms with E-state index in [4.69, 9.17) is 9.15 Å². The van der Waals surface area contributed by atoms with Gasteiger partial charge in [0.05, 0.1) is 18.6 Å². The van der Waals surface area contributed by atoms with Gasteiger partial charge in [-0.3, -0.25) is 4.90 Å². The molecule has 122 valence electrons. The van der Waals surface area contributed by atoms with Crippen molar-refractivity contribution in [1.82, 2.24) is 15.1 Å². The zero-order valence-corrected chi connectivity index (χ0v) is 12.8. The van der Waals surface area contributed by atoms with E-state index in [1.54, 1.807) is 6.92 Å². The van der Waals surface area contributed by atoms with Crippen molar-refractivity contribution in [3.8, 4) is 0 Å². The highest BCUT2D eigenvalue weighted by Gasteiger charge is 2.55. The van der Waals surface area contributed by atoms with E-state index in [0.29, 0.717) is 38.1 Å². The van der Waals surface area contributed by atoms with Crippen LogP contribution < -0.4 is 0 Å². The minimum absolute atomic E-state index is 0.102. The highest BCUT2D eigenvalue weighted by Crippen LogP contribution is 2.43. The van der Waals surface area contributed by atoms with Crippen LogP contribution in [0.15, 0.2) is 22.6 Å². The van der Waals surface area contributed by atoms with E-state index in [9.17, 15) is 8.78 Å². The van der Waals surface area contributed by atoms with E-state index in [2.05, 4.69) is 10.2 Å². The third-order valence-electron chi connectivity index (χ3n) is 4.84. The van der Waals surface area contributed by atoms with Gasteiger partial charge in [-0.25, -0.2) is 8.78 Å². The van der Waals surface area contributed by atoms with Crippen LogP contribution in [-0.4, -0.2) is 41.4 Å². The lowest BCUT2D eigenvalue weighted by Crippen LogP contribution is -2.36. The molecule has 2 fully saturated rings. The second kappa shape index (κ2) is 5.35. The van der Waals surface area contributed by atoms with Crippen LogP contribution in [0.2, 0.25) is 0 Å². The predicted octanol–water partition coefficient (Wildman–Crippen LogP) is 2.06. The second-order valence-corrected chi connectivity index (χ2v) is 6.36. The summed E-state index contributed by atoms with van der Waals surface area (Å²) in [5, 5.41) is 8.08. The number of nitrogens with zero attached hydrogens (tertiary/aromatic N) is 3. The van der Waals surface area contributed by atoms with Crippen LogP contribution in [0.1, 0.15) is 17.3 Å². The number of hydrogen-bond donors (Lipinski definition) is 0. The number of ether oxygens (including phenoxy) is 1. The molecule has 2 aromatic rings. The standard InChI is InChI=1S/C16H17F2N3O2/c1-10-19-20-15(23-10)16-8-21(5-11(16)7-22-9-16)6-12-13(17)3-2-4-14(12)18/h2-4,11H,5-9H2,1H3/t11-,16-/m1/s1. The average molecular weight is 321 g/mol. The minimum atomic E-state index is -0.513. The molecule has 0 amide bonds. The van der Waals surface area contributed by atoms with E-state index in [1.807, 2.05) is 4.90 Å². The van der Waals surface area contributed by atoms with Crippen LogP contribution in [0.25, 0.3) is 0 Å². The lowest BCUT2D eigenvalue weighted by Gasteiger charge is -2.23. The normalized spacial score (nSPS) is 27.5. The molecule has 2 aliphatic heterocycles. The summed E-state index contributed by atoms with van der Waals surface area (Å²) in [6, 6.07) is 3.95. The Labute approximate surface area is 132 Å². The van der Waals surface area contributed by atoms with Crippen molar-refractivity contribution in [3.05, 3.63) is 47.2 Å². The Kier molecular flexibility index (Phi) is 3.42. The van der Waals surface area contributed by atoms with E-state index in [-0.39, 0.29) is 23.4 Å². The maximum absolute atomic E-state index is 13.9. The Balaban J connectivity index is 1.60.